The van der Waals surface area contributed by atoms with Crippen LogP contribution in [0.25, 0.3) is 0 Å². The van der Waals surface area contributed by atoms with Gasteiger partial charge in [-0.05, 0) is 48.7 Å². The Morgan fingerprint density at radius 2 is 2.08 bits per heavy atom. The van der Waals surface area contributed by atoms with E-state index in [1.807, 2.05) is 6.92 Å². The van der Waals surface area contributed by atoms with Crippen LogP contribution in [-0.2, 0) is 17.8 Å². The molecule has 6 nitrogen and oxygen atoms in total. The zero-order valence-electron chi connectivity index (χ0n) is 13.6. The Kier molecular flexibility index (Phi) is 4.39. The molecule has 0 radical (unpaired) electrons. The van der Waals surface area contributed by atoms with Gasteiger partial charge in [0.05, 0.1) is 6.04 Å². The van der Waals surface area contributed by atoms with Gasteiger partial charge in [-0.1, -0.05) is 6.07 Å². The third-order valence-corrected chi connectivity index (χ3v) is 4.46. The van der Waals surface area contributed by atoms with E-state index in [2.05, 4.69) is 0 Å². The number of carboxylic acid groups (broad SMARTS) is 1. The second kappa shape index (κ2) is 6.51. The average Bonchev–Trinajstić information content (AvgIpc) is 2.56. The lowest BCUT2D eigenvalue weighted by Gasteiger charge is -2.35. The lowest BCUT2D eigenvalue weighted by Crippen LogP contribution is -2.42. The second-order valence-electron chi connectivity index (χ2n) is 6.02. The number of fused-ring (bicyclic) bond motifs is 1. The summed E-state index contributed by atoms with van der Waals surface area (Å²) < 4.78 is 14.4. The van der Waals surface area contributed by atoms with Crippen LogP contribution in [0.15, 0.2) is 41.3 Å². The Hall–Kier alpha value is -2.96. The van der Waals surface area contributed by atoms with Crippen molar-refractivity contribution in [2.45, 2.75) is 25.9 Å². The minimum Gasteiger partial charge on any atom is -0.480 e. The first kappa shape index (κ1) is 16.9. The number of nitrogens with zero attached hydrogens (tertiary/aromatic N) is 2. The molecule has 7 heteroatoms. The van der Waals surface area contributed by atoms with Gasteiger partial charge in [-0.2, -0.15) is 0 Å². The van der Waals surface area contributed by atoms with Gasteiger partial charge in [0.2, 0.25) is 0 Å². The number of aliphatic carboxylic acids is 1. The Bertz CT molecular complexity index is 906. The summed E-state index contributed by atoms with van der Waals surface area (Å²) in [6.45, 7) is 1.69. The fourth-order valence-corrected chi connectivity index (χ4v) is 3.20. The van der Waals surface area contributed by atoms with Crippen LogP contribution < -0.4 is 5.56 Å². The standard InChI is InChI=1S/C18H17FN2O4/c1-11-14-5-4-13(19)9-12(14)6-8-21(11)18(25)15-3-2-7-20(17(15)24)10-16(22)23/h2-5,7,9,11H,6,8,10H2,1H3,(H,22,23). The maximum absolute atomic E-state index is 13.4. The van der Waals surface area contributed by atoms with Crippen molar-refractivity contribution in [2.75, 3.05) is 6.54 Å². The van der Waals surface area contributed by atoms with Gasteiger partial charge < -0.3 is 14.6 Å². The smallest absolute Gasteiger partial charge is 0.323 e. The van der Waals surface area contributed by atoms with Crippen LogP contribution in [0.1, 0.15) is 34.5 Å². The van der Waals surface area contributed by atoms with Crippen molar-refractivity contribution in [3.05, 3.63) is 69.4 Å². The van der Waals surface area contributed by atoms with E-state index in [0.29, 0.717) is 13.0 Å². The lowest BCUT2D eigenvalue weighted by molar-refractivity contribution is -0.137. The van der Waals surface area contributed by atoms with Gasteiger partial charge in [-0.15, -0.1) is 0 Å². The first-order valence-corrected chi connectivity index (χ1v) is 7.89. The first-order chi connectivity index (χ1) is 11.9. The molecule has 1 amide bonds. The quantitative estimate of drug-likeness (QED) is 0.921. The van der Waals surface area contributed by atoms with Gasteiger partial charge in [-0.25, -0.2) is 4.39 Å². The molecule has 3 rings (SSSR count). The van der Waals surface area contributed by atoms with Crippen LogP contribution in [0, 0.1) is 5.82 Å². The van der Waals surface area contributed by atoms with E-state index in [9.17, 15) is 18.8 Å². The van der Waals surface area contributed by atoms with E-state index in [4.69, 9.17) is 5.11 Å². The molecule has 2 aromatic rings. The molecule has 2 heterocycles. The maximum atomic E-state index is 13.4. The maximum Gasteiger partial charge on any atom is 0.323 e. The number of amides is 1. The van der Waals surface area contributed by atoms with E-state index >= 15 is 0 Å². The Morgan fingerprint density at radius 3 is 2.80 bits per heavy atom. The third kappa shape index (κ3) is 3.17. The van der Waals surface area contributed by atoms with Crippen molar-refractivity contribution in [3.63, 3.8) is 0 Å². The summed E-state index contributed by atoms with van der Waals surface area (Å²) in [6, 6.07) is 7.06. The summed E-state index contributed by atoms with van der Waals surface area (Å²) in [5, 5.41) is 8.86. The lowest BCUT2D eigenvalue weighted by atomic mass is 9.93. The molecule has 1 unspecified atom stereocenters. The molecule has 1 atom stereocenters. The van der Waals surface area contributed by atoms with E-state index in [0.717, 1.165) is 15.7 Å². The zero-order valence-corrected chi connectivity index (χ0v) is 13.6. The zero-order chi connectivity index (χ0) is 18.1. The van der Waals surface area contributed by atoms with Crippen molar-refractivity contribution < 1.29 is 19.1 Å². The Balaban J connectivity index is 1.93. The number of carbonyl (C=O) groups excluding carboxylic acids is 1. The molecule has 0 saturated carbocycles. The molecule has 0 bridgehead atoms. The van der Waals surface area contributed by atoms with Crippen molar-refractivity contribution >= 4 is 11.9 Å². The topological polar surface area (TPSA) is 79.6 Å². The van der Waals surface area contributed by atoms with Gasteiger partial charge in [0, 0.05) is 12.7 Å². The van der Waals surface area contributed by atoms with Crippen LogP contribution in [-0.4, -0.2) is 33.0 Å². The summed E-state index contributed by atoms with van der Waals surface area (Å²) in [6.07, 6.45) is 1.84. The Labute approximate surface area is 143 Å². The average molecular weight is 344 g/mol. The molecule has 1 aromatic heterocycles. The molecule has 1 aliphatic heterocycles. The van der Waals surface area contributed by atoms with Crippen molar-refractivity contribution in [1.82, 2.24) is 9.47 Å². The highest BCUT2D eigenvalue weighted by Gasteiger charge is 2.30. The number of carboxylic acids is 1. The number of aromatic nitrogens is 1. The molecule has 0 saturated heterocycles. The van der Waals surface area contributed by atoms with Gasteiger partial charge in [0.1, 0.15) is 17.9 Å². The van der Waals surface area contributed by atoms with E-state index < -0.39 is 24.0 Å². The summed E-state index contributed by atoms with van der Waals surface area (Å²) in [7, 11) is 0. The van der Waals surface area contributed by atoms with Gasteiger partial charge in [-0.3, -0.25) is 14.4 Å². The predicted molar refractivity (Wildman–Crippen MR) is 87.9 cm³/mol. The second-order valence-corrected chi connectivity index (χ2v) is 6.02. The minimum absolute atomic E-state index is 0.0684. The van der Waals surface area contributed by atoms with Crippen LogP contribution in [0.2, 0.25) is 0 Å². The largest absolute Gasteiger partial charge is 0.480 e. The predicted octanol–water partition coefficient (Wildman–Crippen LogP) is 1.83. The summed E-state index contributed by atoms with van der Waals surface area (Å²) in [4.78, 5) is 37.6. The van der Waals surface area contributed by atoms with Crippen LogP contribution in [0.5, 0.6) is 0 Å². The summed E-state index contributed by atoms with van der Waals surface area (Å²) in [5.74, 6) is -1.92. The molecule has 25 heavy (non-hydrogen) atoms. The summed E-state index contributed by atoms with van der Waals surface area (Å²) >= 11 is 0. The van der Waals surface area contributed by atoms with E-state index in [1.54, 1.807) is 11.0 Å². The van der Waals surface area contributed by atoms with Crippen LogP contribution in [0.3, 0.4) is 0 Å². The molecular formula is C18H17FN2O4. The first-order valence-electron chi connectivity index (χ1n) is 7.89. The van der Waals surface area contributed by atoms with Crippen molar-refractivity contribution in [2.24, 2.45) is 0 Å². The third-order valence-electron chi connectivity index (χ3n) is 4.46. The number of halogens is 1. The molecule has 1 aliphatic rings. The summed E-state index contributed by atoms with van der Waals surface area (Å²) in [5.41, 5.74) is 1.00. The number of benzene rings is 1. The van der Waals surface area contributed by atoms with Crippen molar-refractivity contribution in [1.29, 1.82) is 0 Å². The number of carbonyl (C=O) groups is 2. The van der Waals surface area contributed by atoms with Gasteiger partial charge >= 0.3 is 5.97 Å². The van der Waals surface area contributed by atoms with Gasteiger partial charge in [0.25, 0.3) is 11.5 Å². The minimum atomic E-state index is -1.16. The van der Waals surface area contributed by atoms with Crippen LogP contribution >= 0.6 is 0 Å². The SMILES string of the molecule is CC1c2ccc(F)cc2CCN1C(=O)c1cccn(CC(=O)O)c1=O. The molecule has 0 aliphatic carbocycles. The number of hydrogen-bond acceptors (Lipinski definition) is 3. The fraction of sp³-hybridized carbons (Fsp3) is 0.278. The normalized spacial score (nSPS) is 16.4. The molecule has 0 fully saturated rings. The van der Waals surface area contributed by atoms with Crippen molar-refractivity contribution in [3.8, 4) is 0 Å². The molecule has 1 aromatic carbocycles. The van der Waals surface area contributed by atoms with Crippen LogP contribution in [0.4, 0.5) is 4.39 Å². The van der Waals surface area contributed by atoms with E-state index in [-0.39, 0.29) is 17.4 Å². The number of hydrogen-bond donors (Lipinski definition) is 1. The molecule has 1 N–H and O–H groups in total. The monoisotopic (exact) mass is 344 g/mol. The molecular weight excluding hydrogens is 327 g/mol. The number of rotatable bonds is 3. The Morgan fingerprint density at radius 1 is 1.32 bits per heavy atom. The van der Waals surface area contributed by atoms with E-state index in [1.165, 1.54) is 30.5 Å². The fourth-order valence-electron chi connectivity index (χ4n) is 3.20. The highest BCUT2D eigenvalue weighted by Crippen LogP contribution is 2.30. The highest BCUT2D eigenvalue weighted by molar-refractivity contribution is 5.94. The van der Waals surface area contributed by atoms with Gasteiger partial charge in [0.15, 0.2) is 0 Å². The molecule has 130 valence electrons. The highest BCUT2D eigenvalue weighted by atomic mass is 19.1. The molecule has 0 spiro atoms. The number of pyridine rings is 1.